The number of anilines is 1. The Hall–Kier alpha value is -1.58. The number of carboxylic acids is 1. The van der Waals surface area contributed by atoms with Crippen molar-refractivity contribution in [3.63, 3.8) is 0 Å². The molecule has 0 radical (unpaired) electrons. The fraction of sp³-hybridized carbons (Fsp3) is 0.455. The summed E-state index contributed by atoms with van der Waals surface area (Å²) >= 11 is 0. The second kappa shape index (κ2) is 3.88. The second-order valence-corrected chi connectivity index (χ2v) is 4.39. The summed E-state index contributed by atoms with van der Waals surface area (Å²) in [4.78, 5) is 15.2. The fourth-order valence-electron chi connectivity index (χ4n) is 1.49. The molecule has 0 saturated carbocycles. The van der Waals surface area contributed by atoms with E-state index in [1.165, 1.54) is 0 Å². The highest BCUT2D eigenvalue weighted by Gasteiger charge is 2.24. The van der Waals surface area contributed by atoms with Crippen LogP contribution in [0.3, 0.4) is 0 Å². The van der Waals surface area contributed by atoms with Gasteiger partial charge < -0.3 is 10.4 Å². The van der Waals surface area contributed by atoms with E-state index in [1.54, 1.807) is 19.3 Å². The normalized spacial score (nSPS) is 11.2. The largest absolute Gasteiger partial charge is 0.478 e. The Balaban J connectivity index is 3.46. The van der Waals surface area contributed by atoms with Gasteiger partial charge in [0, 0.05) is 13.2 Å². The molecule has 0 bridgehead atoms. The first-order valence-corrected chi connectivity index (χ1v) is 4.78. The summed E-state index contributed by atoms with van der Waals surface area (Å²) in [6.45, 7) is 5.94. The van der Waals surface area contributed by atoms with E-state index >= 15 is 0 Å². The number of hydrogen-bond acceptors (Lipinski definition) is 3. The molecule has 2 N–H and O–H groups in total. The quantitative estimate of drug-likeness (QED) is 0.781. The van der Waals surface area contributed by atoms with E-state index in [0.29, 0.717) is 5.82 Å². The molecule has 1 rings (SSSR count). The number of aromatic nitrogens is 1. The minimum atomic E-state index is -0.947. The number of pyridine rings is 1. The van der Waals surface area contributed by atoms with Crippen molar-refractivity contribution in [2.24, 2.45) is 0 Å². The zero-order valence-corrected chi connectivity index (χ0v) is 9.46. The molecule has 0 atom stereocenters. The van der Waals surface area contributed by atoms with Gasteiger partial charge in [-0.25, -0.2) is 9.78 Å². The molecule has 0 saturated heterocycles. The number of carboxylic acid groups (broad SMARTS) is 1. The summed E-state index contributed by atoms with van der Waals surface area (Å²) in [5, 5.41) is 12.0. The molecule has 4 heteroatoms. The molecule has 82 valence electrons. The molecular weight excluding hydrogens is 192 g/mol. The molecule has 1 aromatic rings. The van der Waals surface area contributed by atoms with Crippen LogP contribution in [0.2, 0.25) is 0 Å². The average Bonchev–Trinajstić information content (AvgIpc) is 2.15. The third kappa shape index (κ3) is 2.26. The average molecular weight is 208 g/mol. The molecule has 0 unspecified atom stereocenters. The molecule has 0 fully saturated rings. The first-order chi connectivity index (χ1) is 6.88. The molecule has 0 amide bonds. The van der Waals surface area contributed by atoms with Gasteiger partial charge in [-0.05, 0) is 17.0 Å². The van der Waals surface area contributed by atoms with Crippen molar-refractivity contribution in [3.8, 4) is 0 Å². The lowest BCUT2D eigenvalue weighted by atomic mass is 9.84. The predicted molar refractivity (Wildman–Crippen MR) is 59.4 cm³/mol. The third-order valence-corrected chi connectivity index (χ3v) is 2.21. The van der Waals surface area contributed by atoms with Crippen LogP contribution < -0.4 is 5.32 Å². The number of nitrogens with zero attached hydrogens (tertiary/aromatic N) is 1. The minimum absolute atomic E-state index is 0.206. The smallest absolute Gasteiger partial charge is 0.339 e. The van der Waals surface area contributed by atoms with E-state index in [2.05, 4.69) is 10.3 Å². The minimum Gasteiger partial charge on any atom is -0.478 e. The Kier molecular flexibility index (Phi) is 2.98. The van der Waals surface area contributed by atoms with Crippen LogP contribution in [0.25, 0.3) is 0 Å². The topological polar surface area (TPSA) is 62.2 Å². The third-order valence-electron chi connectivity index (χ3n) is 2.21. The summed E-state index contributed by atoms with van der Waals surface area (Å²) in [6, 6.07) is 1.75. The van der Waals surface area contributed by atoms with Crippen LogP contribution in [0.4, 0.5) is 5.82 Å². The lowest BCUT2D eigenvalue weighted by Gasteiger charge is -2.22. The van der Waals surface area contributed by atoms with Crippen molar-refractivity contribution >= 4 is 11.8 Å². The first-order valence-electron chi connectivity index (χ1n) is 4.78. The molecule has 0 aliphatic carbocycles. The van der Waals surface area contributed by atoms with Gasteiger partial charge in [0.15, 0.2) is 0 Å². The predicted octanol–water partition coefficient (Wildman–Crippen LogP) is 2.12. The molecular formula is C11H16N2O2. The summed E-state index contributed by atoms with van der Waals surface area (Å²) in [5.74, 6) is -0.535. The van der Waals surface area contributed by atoms with Crippen LogP contribution in [0.1, 0.15) is 36.7 Å². The van der Waals surface area contributed by atoms with Crippen LogP contribution in [-0.4, -0.2) is 23.1 Å². The Bertz CT molecular complexity index is 381. The van der Waals surface area contributed by atoms with Crippen LogP contribution in [0.15, 0.2) is 12.3 Å². The number of carbonyl (C=O) groups is 1. The first kappa shape index (κ1) is 11.5. The molecule has 1 aromatic heterocycles. The molecule has 0 spiro atoms. The molecule has 0 aromatic carbocycles. The van der Waals surface area contributed by atoms with Gasteiger partial charge in [-0.15, -0.1) is 0 Å². The maximum absolute atomic E-state index is 11.2. The summed E-state index contributed by atoms with van der Waals surface area (Å²) in [6.07, 6.45) is 1.62. The number of hydrogen-bond donors (Lipinski definition) is 2. The maximum Gasteiger partial charge on any atom is 0.339 e. The maximum atomic E-state index is 11.2. The molecule has 0 aliphatic rings. The van der Waals surface area contributed by atoms with Crippen LogP contribution in [-0.2, 0) is 5.41 Å². The lowest BCUT2D eigenvalue weighted by molar-refractivity contribution is 0.0695. The second-order valence-electron chi connectivity index (χ2n) is 4.39. The summed E-state index contributed by atoms with van der Waals surface area (Å²) in [5.41, 5.74) is 0.837. The highest BCUT2D eigenvalue weighted by Crippen LogP contribution is 2.28. The van der Waals surface area contributed by atoms with Gasteiger partial charge in [-0.2, -0.15) is 0 Å². The monoisotopic (exact) mass is 208 g/mol. The van der Waals surface area contributed by atoms with Crippen LogP contribution >= 0.6 is 0 Å². The molecule has 0 aliphatic heterocycles. The van der Waals surface area contributed by atoms with Gasteiger partial charge in [-0.1, -0.05) is 20.8 Å². The highest BCUT2D eigenvalue weighted by atomic mass is 16.4. The van der Waals surface area contributed by atoms with Crippen molar-refractivity contribution in [1.29, 1.82) is 0 Å². The summed E-state index contributed by atoms with van der Waals surface area (Å²) in [7, 11) is 1.67. The van der Waals surface area contributed by atoms with Gasteiger partial charge in [0.1, 0.15) is 11.4 Å². The Morgan fingerprint density at radius 3 is 2.47 bits per heavy atom. The van der Waals surface area contributed by atoms with Crippen molar-refractivity contribution in [3.05, 3.63) is 23.4 Å². The Morgan fingerprint density at radius 2 is 2.07 bits per heavy atom. The van der Waals surface area contributed by atoms with Crippen LogP contribution in [0.5, 0.6) is 0 Å². The van der Waals surface area contributed by atoms with Gasteiger partial charge in [0.25, 0.3) is 0 Å². The van der Waals surface area contributed by atoms with Gasteiger partial charge in [0.2, 0.25) is 0 Å². The highest BCUT2D eigenvalue weighted by molar-refractivity contribution is 5.95. The van der Waals surface area contributed by atoms with Gasteiger partial charge in [0.05, 0.1) is 0 Å². The van der Waals surface area contributed by atoms with Crippen molar-refractivity contribution in [2.45, 2.75) is 26.2 Å². The van der Waals surface area contributed by atoms with Crippen LogP contribution in [0, 0.1) is 0 Å². The van der Waals surface area contributed by atoms with E-state index in [1.807, 2.05) is 20.8 Å². The Labute approximate surface area is 89.3 Å². The Morgan fingerprint density at radius 1 is 1.47 bits per heavy atom. The number of aromatic carboxylic acids is 1. The molecule has 15 heavy (non-hydrogen) atoms. The molecule has 1 heterocycles. The van der Waals surface area contributed by atoms with E-state index in [0.717, 1.165) is 5.56 Å². The molecule has 4 nitrogen and oxygen atoms in total. The number of rotatable bonds is 2. The summed E-state index contributed by atoms with van der Waals surface area (Å²) < 4.78 is 0. The standard InChI is InChI=1S/C11H16N2O2/c1-11(2,3)7-5-6-13-9(12-4)8(7)10(14)15/h5-6H,1-4H3,(H,12,13)(H,14,15). The van der Waals surface area contributed by atoms with Gasteiger partial charge in [-0.3, -0.25) is 0 Å². The van der Waals surface area contributed by atoms with E-state index < -0.39 is 5.97 Å². The van der Waals surface area contributed by atoms with E-state index in [-0.39, 0.29) is 11.0 Å². The SMILES string of the molecule is CNc1nccc(C(C)(C)C)c1C(=O)O. The van der Waals surface area contributed by atoms with E-state index in [9.17, 15) is 4.79 Å². The zero-order chi connectivity index (χ0) is 11.6. The fourth-order valence-corrected chi connectivity index (χ4v) is 1.49. The zero-order valence-electron chi connectivity index (χ0n) is 9.46. The van der Waals surface area contributed by atoms with Crippen molar-refractivity contribution < 1.29 is 9.90 Å². The van der Waals surface area contributed by atoms with Gasteiger partial charge >= 0.3 is 5.97 Å². The lowest BCUT2D eigenvalue weighted by Crippen LogP contribution is -2.19. The van der Waals surface area contributed by atoms with Crippen molar-refractivity contribution in [1.82, 2.24) is 4.98 Å². The van der Waals surface area contributed by atoms with E-state index in [4.69, 9.17) is 5.11 Å². The van der Waals surface area contributed by atoms with Crippen molar-refractivity contribution in [2.75, 3.05) is 12.4 Å². The number of nitrogens with one attached hydrogen (secondary N) is 1.